The number of anilines is 1. The summed E-state index contributed by atoms with van der Waals surface area (Å²) in [5.74, 6) is 1.56. The number of rotatable bonds is 2. The van der Waals surface area contributed by atoms with Crippen molar-refractivity contribution in [2.45, 2.75) is 18.3 Å². The fourth-order valence-electron chi connectivity index (χ4n) is 3.28. The highest BCUT2D eigenvalue weighted by Crippen LogP contribution is 2.51. The predicted molar refractivity (Wildman–Crippen MR) is 81.8 cm³/mol. The topological polar surface area (TPSA) is 38.3 Å². The molecule has 0 radical (unpaired) electrons. The van der Waals surface area contributed by atoms with E-state index >= 15 is 0 Å². The van der Waals surface area contributed by atoms with Gasteiger partial charge in [0.15, 0.2) is 0 Å². The molecule has 0 fully saturated rings. The number of benzene rings is 2. The van der Waals surface area contributed by atoms with Crippen molar-refractivity contribution in [2.24, 2.45) is 0 Å². The van der Waals surface area contributed by atoms with Gasteiger partial charge in [-0.25, -0.2) is 4.79 Å². The number of amides is 1. The number of nitrogens with one attached hydrogen (secondary N) is 1. The zero-order valence-electron chi connectivity index (χ0n) is 11.5. The minimum Gasteiger partial charge on any atom is -0.410 e. The van der Waals surface area contributed by atoms with Crippen LogP contribution in [0.1, 0.15) is 29.4 Å². The molecule has 0 spiro atoms. The van der Waals surface area contributed by atoms with E-state index in [-0.39, 0.29) is 0 Å². The first-order valence-corrected chi connectivity index (χ1v) is 7.16. The lowest BCUT2D eigenvalue weighted by Crippen LogP contribution is -2.17. The third-order valence-corrected chi connectivity index (χ3v) is 4.18. The second kappa shape index (κ2) is 4.77. The Hall–Kier alpha value is -2.55. The lowest BCUT2D eigenvalue weighted by Gasteiger charge is -2.15. The summed E-state index contributed by atoms with van der Waals surface area (Å²) in [7, 11) is 0. The molecule has 3 heteroatoms. The van der Waals surface area contributed by atoms with Gasteiger partial charge in [-0.05, 0) is 30.2 Å². The number of hydrogen-bond donors (Lipinski definition) is 1. The van der Waals surface area contributed by atoms with Gasteiger partial charge in [0, 0.05) is 23.1 Å². The Morgan fingerprint density at radius 2 is 1.81 bits per heavy atom. The van der Waals surface area contributed by atoms with E-state index in [1.807, 2.05) is 42.5 Å². The Bertz CT molecular complexity index is 721. The third-order valence-electron chi connectivity index (χ3n) is 4.18. The first-order chi connectivity index (χ1) is 10.3. The van der Waals surface area contributed by atoms with Gasteiger partial charge < -0.3 is 4.74 Å². The first kappa shape index (κ1) is 12.2. The maximum atomic E-state index is 12.0. The fraction of sp³-hybridized carbons (Fsp3) is 0.167. The average molecular weight is 277 g/mol. The highest BCUT2D eigenvalue weighted by atomic mass is 16.6. The van der Waals surface area contributed by atoms with Crippen molar-refractivity contribution in [1.29, 1.82) is 0 Å². The number of para-hydroxylation sites is 1. The average Bonchev–Trinajstić information content (AvgIpc) is 3.10. The molecule has 0 aromatic heterocycles. The number of allylic oxidation sites excluding steroid dienone is 2. The Kier molecular flexibility index (Phi) is 2.78. The largest absolute Gasteiger partial charge is 0.417 e. The van der Waals surface area contributed by atoms with Crippen LogP contribution in [0.3, 0.4) is 0 Å². The van der Waals surface area contributed by atoms with E-state index < -0.39 is 6.09 Å². The molecule has 104 valence electrons. The van der Waals surface area contributed by atoms with Crippen LogP contribution in [0.2, 0.25) is 0 Å². The third kappa shape index (κ3) is 2.11. The van der Waals surface area contributed by atoms with Gasteiger partial charge in [-0.15, -0.1) is 0 Å². The van der Waals surface area contributed by atoms with Crippen LogP contribution in [-0.2, 0) is 0 Å². The van der Waals surface area contributed by atoms with E-state index in [1.165, 1.54) is 11.1 Å². The number of fused-ring (bicyclic) bond motifs is 5. The summed E-state index contributed by atoms with van der Waals surface area (Å²) in [6, 6.07) is 15.3. The van der Waals surface area contributed by atoms with Gasteiger partial charge >= 0.3 is 6.09 Å². The van der Waals surface area contributed by atoms with Crippen molar-refractivity contribution in [3.05, 3.63) is 71.8 Å². The molecule has 1 N–H and O–H groups in total. The van der Waals surface area contributed by atoms with Crippen molar-refractivity contribution >= 4 is 11.8 Å². The van der Waals surface area contributed by atoms with Gasteiger partial charge in [0.2, 0.25) is 0 Å². The second-order valence-corrected chi connectivity index (χ2v) is 5.47. The van der Waals surface area contributed by atoms with Crippen molar-refractivity contribution in [3.8, 4) is 5.75 Å². The molecule has 2 bridgehead atoms. The molecule has 2 aromatic carbocycles. The van der Waals surface area contributed by atoms with Gasteiger partial charge in [-0.1, -0.05) is 42.5 Å². The van der Waals surface area contributed by atoms with Crippen LogP contribution in [0.15, 0.2) is 60.7 Å². The molecule has 3 nitrogen and oxygen atoms in total. The van der Waals surface area contributed by atoms with E-state index in [1.54, 1.807) is 0 Å². The van der Waals surface area contributed by atoms with Gasteiger partial charge in [-0.2, -0.15) is 0 Å². The SMILES string of the molecule is O=C(Nc1ccccc1)Oc1cccc2c1C1C=CC2C1. The maximum Gasteiger partial charge on any atom is 0.417 e. The van der Waals surface area contributed by atoms with E-state index in [9.17, 15) is 4.79 Å². The molecule has 2 atom stereocenters. The van der Waals surface area contributed by atoms with Crippen LogP contribution in [0.4, 0.5) is 10.5 Å². The highest BCUT2D eigenvalue weighted by molar-refractivity contribution is 5.86. The van der Waals surface area contributed by atoms with Crippen LogP contribution in [-0.4, -0.2) is 6.09 Å². The van der Waals surface area contributed by atoms with Gasteiger partial charge in [0.25, 0.3) is 0 Å². The molecular weight excluding hydrogens is 262 g/mol. The molecule has 21 heavy (non-hydrogen) atoms. The zero-order chi connectivity index (χ0) is 14.2. The standard InChI is InChI=1S/C18H15NO2/c20-18(19-14-5-2-1-3-6-14)21-16-8-4-7-15-12-9-10-13(11-12)17(15)16/h1-10,12-13H,11H2,(H,19,20). The molecule has 0 aliphatic heterocycles. The number of hydrogen-bond acceptors (Lipinski definition) is 2. The van der Waals surface area contributed by atoms with Crippen LogP contribution < -0.4 is 10.1 Å². The summed E-state index contributed by atoms with van der Waals surface area (Å²) in [5, 5.41) is 2.75. The van der Waals surface area contributed by atoms with E-state index in [0.29, 0.717) is 17.6 Å². The summed E-state index contributed by atoms with van der Waals surface area (Å²) >= 11 is 0. The smallest absolute Gasteiger partial charge is 0.410 e. The van der Waals surface area contributed by atoms with Gasteiger partial charge in [-0.3, -0.25) is 5.32 Å². The molecule has 1 amide bonds. The summed E-state index contributed by atoms with van der Waals surface area (Å²) in [5.41, 5.74) is 3.21. The quantitative estimate of drug-likeness (QED) is 0.824. The Morgan fingerprint density at radius 1 is 1.00 bits per heavy atom. The second-order valence-electron chi connectivity index (χ2n) is 5.47. The Morgan fingerprint density at radius 3 is 2.67 bits per heavy atom. The van der Waals surface area contributed by atoms with Crippen molar-refractivity contribution in [2.75, 3.05) is 5.32 Å². The molecule has 2 aromatic rings. The summed E-state index contributed by atoms with van der Waals surface area (Å²) in [4.78, 5) is 12.0. The molecule has 2 aliphatic carbocycles. The predicted octanol–water partition coefficient (Wildman–Crippen LogP) is 4.44. The summed E-state index contributed by atoms with van der Waals surface area (Å²) in [6.07, 6.45) is 5.13. The van der Waals surface area contributed by atoms with E-state index in [2.05, 4.69) is 23.5 Å². The highest BCUT2D eigenvalue weighted by Gasteiger charge is 2.35. The van der Waals surface area contributed by atoms with E-state index in [4.69, 9.17) is 4.74 Å². The lowest BCUT2D eigenvalue weighted by atomic mass is 9.96. The fourth-order valence-corrected chi connectivity index (χ4v) is 3.28. The maximum absolute atomic E-state index is 12.0. The van der Waals surface area contributed by atoms with Crippen LogP contribution >= 0.6 is 0 Å². The summed E-state index contributed by atoms with van der Waals surface area (Å²) < 4.78 is 5.53. The van der Waals surface area contributed by atoms with Gasteiger partial charge in [0.05, 0.1) is 0 Å². The monoisotopic (exact) mass is 277 g/mol. The molecule has 2 unspecified atom stereocenters. The minimum atomic E-state index is -0.443. The molecule has 0 saturated carbocycles. The molecular formula is C18H15NO2. The number of carbonyl (C=O) groups is 1. The minimum absolute atomic E-state index is 0.394. The zero-order valence-corrected chi connectivity index (χ0v) is 11.5. The summed E-state index contributed by atoms with van der Waals surface area (Å²) in [6.45, 7) is 0. The number of ether oxygens (including phenoxy) is 1. The van der Waals surface area contributed by atoms with Crippen LogP contribution in [0.5, 0.6) is 5.75 Å². The Balaban J connectivity index is 1.55. The van der Waals surface area contributed by atoms with Crippen LogP contribution in [0, 0.1) is 0 Å². The van der Waals surface area contributed by atoms with Crippen LogP contribution in [0.25, 0.3) is 0 Å². The molecule has 2 aliphatic rings. The molecule has 4 rings (SSSR count). The van der Waals surface area contributed by atoms with Crippen molar-refractivity contribution in [1.82, 2.24) is 0 Å². The van der Waals surface area contributed by atoms with Crippen molar-refractivity contribution in [3.63, 3.8) is 0 Å². The Labute approximate surface area is 123 Å². The van der Waals surface area contributed by atoms with Crippen molar-refractivity contribution < 1.29 is 9.53 Å². The first-order valence-electron chi connectivity index (χ1n) is 7.16. The molecule has 0 heterocycles. The van der Waals surface area contributed by atoms with Gasteiger partial charge in [0.1, 0.15) is 5.75 Å². The van der Waals surface area contributed by atoms with E-state index in [0.717, 1.165) is 12.1 Å². The number of carbonyl (C=O) groups excluding carboxylic acids is 1. The normalized spacial score (nSPS) is 21.1. The lowest BCUT2D eigenvalue weighted by molar-refractivity contribution is 0.214. The molecule has 0 saturated heterocycles.